The first-order chi connectivity index (χ1) is 19.2. The van der Waals surface area contributed by atoms with E-state index in [4.69, 9.17) is 20.5 Å². The standard InChI is InChI=1S/C34H25N5/c1-2-30(39-35)24-17-19-25(20-18-24)31-28-16-10-9-11-23(28)21-22-29(31)34-37-32(26-12-5-3-6-13-26)36-33(38-34)27-14-7-4-8-15-27/h2-22,35H,1H3/b30-2-,39-35?. The number of allylic oxidation sites excluding steroid dienone is 1. The molecule has 1 N–H and O–H groups in total. The normalized spacial score (nSPS) is 11.5. The predicted molar refractivity (Wildman–Crippen MR) is 158 cm³/mol. The van der Waals surface area contributed by atoms with E-state index in [0.29, 0.717) is 23.2 Å². The second-order valence-electron chi connectivity index (χ2n) is 9.11. The Morgan fingerprint density at radius 3 is 1.74 bits per heavy atom. The number of hydrogen-bond donors (Lipinski definition) is 1. The maximum Gasteiger partial charge on any atom is 0.164 e. The first-order valence-corrected chi connectivity index (χ1v) is 12.8. The molecule has 0 radical (unpaired) electrons. The third-order valence-electron chi connectivity index (χ3n) is 6.73. The highest BCUT2D eigenvalue weighted by atomic mass is 15.0. The van der Waals surface area contributed by atoms with Gasteiger partial charge < -0.3 is 0 Å². The highest BCUT2D eigenvalue weighted by molar-refractivity contribution is 6.03. The summed E-state index contributed by atoms with van der Waals surface area (Å²) in [5.41, 5.74) is 13.9. The Bertz CT molecular complexity index is 1750. The lowest BCUT2D eigenvalue weighted by Crippen LogP contribution is -2.01. The van der Waals surface area contributed by atoms with Crippen LogP contribution in [0.1, 0.15) is 12.5 Å². The van der Waals surface area contributed by atoms with Gasteiger partial charge in [-0.1, -0.05) is 121 Å². The van der Waals surface area contributed by atoms with Gasteiger partial charge in [0.05, 0.1) is 5.70 Å². The van der Waals surface area contributed by atoms with E-state index in [9.17, 15) is 0 Å². The van der Waals surface area contributed by atoms with Crippen LogP contribution >= 0.6 is 0 Å². The van der Waals surface area contributed by atoms with Gasteiger partial charge in [-0.25, -0.2) is 20.5 Å². The smallest absolute Gasteiger partial charge is 0.164 e. The van der Waals surface area contributed by atoms with E-state index in [2.05, 4.69) is 47.6 Å². The monoisotopic (exact) mass is 503 g/mol. The zero-order valence-electron chi connectivity index (χ0n) is 21.4. The molecule has 5 nitrogen and oxygen atoms in total. The quantitative estimate of drug-likeness (QED) is 0.230. The van der Waals surface area contributed by atoms with Gasteiger partial charge in [0.15, 0.2) is 17.5 Å². The minimum Gasteiger partial charge on any atom is -0.208 e. The molecule has 0 fully saturated rings. The van der Waals surface area contributed by atoms with Crippen LogP contribution in [0.5, 0.6) is 0 Å². The zero-order valence-corrected chi connectivity index (χ0v) is 21.4. The topological polar surface area (TPSA) is 74.9 Å². The first kappa shape index (κ1) is 24.1. The summed E-state index contributed by atoms with van der Waals surface area (Å²) in [5, 5.41) is 5.90. The van der Waals surface area contributed by atoms with Crippen molar-refractivity contribution in [2.75, 3.05) is 0 Å². The number of aromatic nitrogens is 3. The highest BCUT2D eigenvalue weighted by Gasteiger charge is 2.18. The number of fused-ring (bicyclic) bond motifs is 1. The molecule has 0 bridgehead atoms. The SMILES string of the molecule is C/C=C(\N=N)c1ccc(-c2c(-c3nc(-c4ccccc4)nc(-c4ccccc4)n3)ccc3ccccc23)cc1. The molecule has 0 saturated heterocycles. The molecule has 0 saturated carbocycles. The van der Waals surface area contributed by atoms with Crippen molar-refractivity contribution in [3.05, 3.63) is 133 Å². The molecule has 5 aromatic carbocycles. The highest BCUT2D eigenvalue weighted by Crippen LogP contribution is 2.38. The molecule has 0 spiro atoms. The largest absolute Gasteiger partial charge is 0.208 e. The number of nitrogens with one attached hydrogen (secondary N) is 1. The zero-order chi connectivity index (χ0) is 26.6. The fourth-order valence-electron chi connectivity index (χ4n) is 4.80. The molecule has 6 rings (SSSR count). The summed E-state index contributed by atoms with van der Waals surface area (Å²) >= 11 is 0. The van der Waals surface area contributed by atoms with Gasteiger partial charge in [0, 0.05) is 27.8 Å². The molecular formula is C34H25N5. The second kappa shape index (κ2) is 10.6. The van der Waals surface area contributed by atoms with Crippen molar-refractivity contribution in [3.63, 3.8) is 0 Å². The van der Waals surface area contributed by atoms with Gasteiger partial charge in [0.1, 0.15) is 0 Å². The fourth-order valence-corrected chi connectivity index (χ4v) is 4.80. The third kappa shape index (κ3) is 4.74. The molecule has 6 aromatic rings. The molecule has 186 valence electrons. The van der Waals surface area contributed by atoms with Crippen LogP contribution in [0.3, 0.4) is 0 Å². The van der Waals surface area contributed by atoms with Gasteiger partial charge in [-0.05, 0) is 29.3 Å². The van der Waals surface area contributed by atoms with E-state index in [0.717, 1.165) is 44.2 Å². The summed E-state index contributed by atoms with van der Waals surface area (Å²) in [4.78, 5) is 14.8. The van der Waals surface area contributed by atoms with Gasteiger partial charge in [0.25, 0.3) is 0 Å². The molecule has 1 aromatic heterocycles. The van der Waals surface area contributed by atoms with E-state index in [1.165, 1.54) is 0 Å². The minimum atomic E-state index is 0.614. The van der Waals surface area contributed by atoms with Crippen molar-refractivity contribution in [1.82, 2.24) is 15.0 Å². The molecule has 0 aliphatic rings. The third-order valence-corrected chi connectivity index (χ3v) is 6.73. The molecule has 0 unspecified atom stereocenters. The van der Waals surface area contributed by atoms with Gasteiger partial charge in [0.2, 0.25) is 0 Å². The van der Waals surface area contributed by atoms with Crippen LogP contribution in [-0.2, 0) is 0 Å². The summed E-state index contributed by atoms with van der Waals surface area (Å²) in [6.07, 6.45) is 1.84. The molecule has 39 heavy (non-hydrogen) atoms. The maximum atomic E-state index is 7.49. The molecule has 0 amide bonds. The summed E-state index contributed by atoms with van der Waals surface area (Å²) in [7, 11) is 0. The molecular weight excluding hydrogens is 478 g/mol. The molecule has 0 aliphatic heterocycles. The predicted octanol–water partition coefficient (Wildman–Crippen LogP) is 9.08. The first-order valence-electron chi connectivity index (χ1n) is 12.8. The number of nitrogens with zero attached hydrogens (tertiary/aromatic N) is 4. The fraction of sp³-hybridized carbons (Fsp3) is 0.0294. The van der Waals surface area contributed by atoms with Crippen molar-refractivity contribution < 1.29 is 0 Å². The Morgan fingerprint density at radius 1 is 0.590 bits per heavy atom. The van der Waals surface area contributed by atoms with Crippen molar-refractivity contribution in [2.45, 2.75) is 6.92 Å². The van der Waals surface area contributed by atoms with Gasteiger partial charge in [-0.2, -0.15) is 5.11 Å². The lowest BCUT2D eigenvalue weighted by atomic mass is 9.92. The van der Waals surface area contributed by atoms with E-state index < -0.39 is 0 Å². The van der Waals surface area contributed by atoms with Crippen LogP contribution in [0.25, 0.3) is 61.8 Å². The van der Waals surface area contributed by atoms with Crippen LogP contribution in [0.2, 0.25) is 0 Å². The molecule has 5 heteroatoms. The van der Waals surface area contributed by atoms with E-state index in [1.807, 2.05) is 91.9 Å². The van der Waals surface area contributed by atoms with E-state index >= 15 is 0 Å². The second-order valence-corrected chi connectivity index (χ2v) is 9.11. The average Bonchev–Trinajstić information content (AvgIpc) is 3.02. The van der Waals surface area contributed by atoms with Gasteiger partial charge in [-0.3, -0.25) is 0 Å². The Labute approximate surface area is 227 Å². The minimum absolute atomic E-state index is 0.614. The molecule has 0 atom stereocenters. The Hall–Kier alpha value is -5.29. The van der Waals surface area contributed by atoms with Crippen LogP contribution in [-0.4, -0.2) is 15.0 Å². The average molecular weight is 504 g/mol. The lowest BCUT2D eigenvalue weighted by molar-refractivity contribution is 1.07. The van der Waals surface area contributed by atoms with Crippen LogP contribution in [0.4, 0.5) is 0 Å². The van der Waals surface area contributed by atoms with Gasteiger partial charge in [-0.15, -0.1) is 0 Å². The Kier molecular flexibility index (Phi) is 6.54. The summed E-state index contributed by atoms with van der Waals surface area (Å²) in [6.45, 7) is 1.89. The number of benzene rings is 5. The van der Waals surface area contributed by atoms with Crippen LogP contribution in [0, 0.1) is 5.53 Å². The van der Waals surface area contributed by atoms with E-state index in [-0.39, 0.29) is 0 Å². The Balaban J connectivity index is 1.61. The summed E-state index contributed by atoms with van der Waals surface area (Å²) in [5.74, 6) is 1.87. The van der Waals surface area contributed by atoms with Crippen molar-refractivity contribution >= 4 is 16.5 Å². The number of rotatable bonds is 6. The van der Waals surface area contributed by atoms with Crippen LogP contribution < -0.4 is 0 Å². The number of hydrogen-bond acceptors (Lipinski definition) is 5. The van der Waals surface area contributed by atoms with Crippen molar-refractivity contribution in [2.24, 2.45) is 5.11 Å². The molecule has 0 aliphatic carbocycles. The van der Waals surface area contributed by atoms with E-state index in [1.54, 1.807) is 0 Å². The Morgan fingerprint density at radius 2 is 1.15 bits per heavy atom. The lowest BCUT2D eigenvalue weighted by Gasteiger charge is -2.15. The summed E-state index contributed by atoms with van der Waals surface area (Å²) < 4.78 is 0. The van der Waals surface area contributed by atoms with Crippen LogP contribution in [0.15, 0.2) is 133 Å². The van der Waals surface area contributed by atoms with Gasteiger partial charge >= 0.3 is 0 Å². The maximum absolute atomic E-state index is 7.49. The van der Waals surface area contributed by atoms with Crippen molar-refractivity contribution in [3.8, 4) is 45.3 Å². The molecule has 1 heterocycles. The summed E-state index contributed by atoms with van der Waals surface area (Å²) in [6, 6.07) is 40.8. The van der Waals surface area contributed by atoms with Crippen molar-refractivity contribution in [1.29, 1.82) is 5.53 Å².